The van der Waals surface area contributed by atoms with Gasteiger partial charge < -0.3 is 134 Å². The van der Waals surface area contributed by atoms with Crippen molar-refractivity contribution in [3.05, 3.63) is 273 Å². The molecule has 728 valence electrons. The number of piperidine rings is 1. The number of hydrogen-bond acceptors (Lipinski definition) is 29. The van der Waals surface area contributed by atoms with Gasteiger partial charge in [-0.1, -0.05) is 97.8 Å². The predicted molar refractivity (Wildman–Crippen MR) is 515 cm³/mol. The number of phenolic OH excluding ortho intramolecular Hbond substituents is 20. The maximum Gasteiger partial charge on any atom is 0.237 e. The fourth-order valence-electron chi connectivity index (χ4n) is 18.3. The first-order chi connectivity index (χ1) is 65.8. The van der Waals surface area contributed by atoms with E-state index < -0.39 is 0 Å². The van der Waals surface area contributed by atoms with Gasteiger partial charge in [0.15, 0.2) is 115 Å². The second kappa shape index (κ2) is 49.3. The number of amides is 2. The van der Waals surface area contributed by atoms with E-state index in [2.05, 4.69) is 49.4 Å². The van der Waals surface area contributed by atoms with Gasteiger partial charge in [-0.05, 0) is 322 Å². The first-order valence-corrected chi connectivity index (χ1v) is 46.4. The van der Waals surface area contributed by atoms with E-state index in [0.29, 0.717) is 94.8 Å². The number of nitrogens with one attached hydrogen (secondary N) is 7. The van der Waals surface area contributed by atoms with Crippen molar-refractivity contribution in [1.82, 2.24) is 42.1 Å². The minimum Gasteiger partial charge on any atom is -0.504 e. The summed E-state index contributed by atoms with van der Waals surface area (Å²) in [6.45, 7) is 7.28. The summed E-state index contributed by atoms with van der Waals surface area (Å²) in [5, 5.41) is 213. The molecule has 0 aromatic heterocycles. The highest BCUT2D eigenvalue weighted by molar-refractivity contribution is 5.85. The zero-order valence-corrected chi connectivity index (χ0v) is 76.2. The van der Waals surface area contributed by atoms with E-state index in [1.54, 1.807) is 78.9 Å². The minimum atomic E-state index is -0.267. The molecule has 27 N–H and O–H groups in total. The number of hydrogen-bond donors (Lipinski definition) is 27. The summed E-state index contributed by atoms with van der Waals surface area (Å²) in [6, 6.07) is 55.7. The van der Waals surface area contributed by atoms with Gasteiger partial charge in [0, 0.05) is 76.2 Å². The summed E-state index contributed by atoms with van der Waals surface area (Å²) in [5.41, 5.74) is 11.1. The van der Waals surface area contributed by atoms with E-state index in [0.717, 1.165) is 128 Å². The SMILES string of the molecule is O=C(NCCc1ccc(O)c(O)c1)C1Cc2ccccc2CC1Cc1ccc(O)c(O)c1.O=C(NCc1ccc(O)c(O)c1)C1CCCN1Cc1ccc(O)c(O)c1.O=C1C(Cc2ccc(O)c(O)c2)CCCC1Cc1ccc(O)c(O)c1.Oc1ccc(CNC2CC[C@H](NCc3ccc(O)c(O)c3)CN2)cc1O.Oc1ccc(CNCC2CCCC(CNCc3ccc(O)c(O)c3)C2)cc1O. The summed E-state index contributed by atoms with van der Waals surface area (Å²) in [6.07, 6.45) is 15.0. The highest BCUT2D eigenvalue weighted by Gasteiger charge is 2.36. The monoisotopic (exact) mass is 1880 g/mol. The van der Waals surface area contributed by atoms with Crippen LogP contribution in [0.25, 0.3) is 0 Å². The Kier molecular flexibility index (Phi) is 36.6. The largest absolute Gasteiger partial charge is 0.504 e. The van der Waals surface area contributed by atoms with Crippen molar-refractivity contribution in [3.8, 4) is 115 Å². The molecule has 11 aromatic carbocycles. The van der Waals surface area contributed by atoms with Crippen molar-refractivity contribution >= 4 is 17.6 Å². The van der Waals surface area contributed by atoms with Crippen LogP contribution in [-0.2, 0) is 92.2 Å². The van der Waals surface area contributed by atoms with Crippen LogP contribution < -0.4 is 37.2 Å². The summed E-state index contributed by atoms with van der Waals surface area (Å²) in [4.78, 5) is 40.5. The second-order valence-electron chi connectivity index (χ2n) is 36.2. The van der Waals surface area contributed by atoms with Gasteiger partial charge in [0.05, 0.1) is 12.2 Å². The topological polar surface area (TPSA) is 543 Å². The normalized spacial score (nSPS) is 18.9. The molecule has 137 heavy (non-hydrogen) atoms. The Morgan fingerprint density at radius 2 is 0.701 bits per heavy atom. The number of phenols is 20. The van der Waals surface area contributed by atoms with E-state index >= 15 is 0 Å². The fourth-order valence-corrected chi connectivity index (χ4v) is 18.3. The molecule has 8 unspecified atom stereocenters. The number of likely N-dealkylation sites (tertiary alicyclic amines) is 1. The smallest absolute Gasteiger partial charge is 0.237 e. The van der Waals surface area contributed by atoms with Crippen LogP contribution in [0.15, 0.2) is 206 Å². The molecule has 2 saturated heterocycles. The van der Waals surface area contributed by atoms with Gasteiger partial charge in [-0.15, -0.1) is 0 Å². The van der Waals surface area contributed by atoms with Gasteiger partial charge in [-0.3, -0.25) is 24.6 Å². The standard InChI is InChI=1S/C26H27NO5.C22H30N2O4.C20H22O5.C19H25N3O4.C19H22N2O5/c28-22-7-5-16(12-24(22)30)9-10-27-26(32)21-15-19-4-2-1-3-18(19)14-20(21)11-17-6-8-23(29)25(31)13-17;25-19-6-4-17(9-21(19)27)13-23-11-15-2-1-3-16(8-15)12-24-14-18-5-7-20(26)22(28)10-18;21-16-6-4-12(10-18(16)23)8-14-2-1-3-15(20(14)25)9-13-5-7-17(22)19(24)11-13;23-15-4-1-12(7-17(15)25)9-20-14-3-6-19(22-11-14)21-10-13-2-5-16(24)18(26)8-13;22-15-5-3-12(8-17(15)24)10-20-19(26)14-2-1-7-21(14)11-13-4-6-16(23)18(25)9-13/h1-8,12-13,20-21,28-31H,9-11,14-15H2,(H,27,32);4-7,9-10,15-16,23-28H,1-3,8,11-14H2;4-7,10-11,14-15,21-24H,1-3,8-9H2;1-2,4-5,7-8,14,19-26H,3,6,9-11H2;3-6,8-9,14,22-25H,1-2,7,10-11H2,(H,20,26)/t;;;14-,19?;/m...0./s1. The molecule has 31 heteroatoms. The zero-order valence-electron chi connectivity index (χ0n) is 76.2. The molecule has 2 saturated carbocycles. The van der Waals surface area contributed by atoms with E-state index in [-0.39, 0.29) is 175 Å². The average molecular weight is 1880 g/mol. The van der Waals surface area contributed by atoms with Crippen molar-refractivity contribution in [2.45, 2.75) is 167 Å². The molecular weight excluding hydrogens is 1750 g/mol. The Labute approximate surface area is 795 Å². The molecule has 3 aliphatic carbocycles. The van der Waals surface area contributed by atoms with Crippen LogP contribution in [0.1, 0.15) is 137 Å². The third-order valence-electron chi connectivity index (χ3n) is 25.9. The summed E-state index contributed by atoms with van der Waals surface area (Å²) in [7, 11) is 0. The van der Waals surface area contributed by atoms with Gasteiger partial charge in [0.2, 0.25) is 11.8 Å². The van der Waals surface area contributed by atoms with Gasteiger partial charge in [0.1, 0.15) is 5.78 Å². The van der Waals surface area contributed by atoms with E-state index in [9.17, 15) is 117 Å². The molecule has 11 aromatic rings. The van der Waals surface area contributed by atoms with Crippen LogP contribution >= 0.6 is 0 Å². The number of fused-ring (bicyclic) bond motifs is 1. The number of ketones is 1. The van der Waals surface area contributed by atoms with Crippen LogP contribution in [0.4, 0.5) is 0 Å². The molecule has 0 radical (unpaired) electrons. The van der Waals surface area contributed by atoms with Crippen LogP contribution in [0.5, 0.6) is 115 Å². The highest BCUT2D eigenvalue weighted by atomic mass is 16.3. The number of carbonyl (C=O) groups excluding carboxylic acids is 3. The maximum atomic E-state index is 13.2. The summed E-state index contributed by atoms with van der Waals surface area (Å²) >= 11 is 0. The molecule has 2 amide bonds. The van der Waals surface area contributed by atoms with Gasteiger partial charge in [-0.25, -0.2) is 0 Å². The molecule has 2 aliphatic heterocycles. The van der Waals surface area contributed by atoms with Gasteiger partial charge >= 0.3 is 0 Å². The predicted octanol–water partition coefficient (Wildman–Crippen LogP) is 13.2. The lowest BCUT2D eigenvalue weighted by Crippen LogP contribution is -2.52. The van der Waals surface area contributed by atoms with Crippen LogP contribution in [0.3, 0.4) is 0 Å². The van der Waals surface area contributed by atoms with Gasteiger partial charge in [0.25, 0.3) is 0 Å². The molecule has 16 rings (SSSR count). The molecule has 31 nitrogen and oxygen atoms in total. The summed E-state index contributed by atoms with van der Waals surface area (Å²) < 4.78 is 0. The average Bonchev–Trinajstić information content (AvgIpc) is 1.26. The Morgan fingerprint density at radius 1 is 0.336 bits per heavy atom. The first-order valence-electron chi connectivity index (χ1n) is 46.4. The molecule has 9 atom stereocenters. The number of Topliss-reactive ketones (excluding diaryl/α,β-unsaturated/α-hetero) is 1. The van der Waals surface area contributed by atoms with Crippen LogP contribution in [0, 0.1) is 35.5 Å². The molecular formula is C106H126N8O23. The molecule has 2 heterocycles. The molecule has 0 bridgehead atoms. The maximum absolute atomic E-state index is 13.2. The second-order valence-corrected chi connectivity index (χ2v) is 36.2. The minimum absolute atomic E-state index is 0.0181. The van der Waals surface area contributed by atoms with Crippen molar-refractivity contribution in [2.75, 3.05) is 32.7 Å². The third kappa shape index (κ3) is 30.4. The number of carbonyl (C=O) groups is 3. The molecule has 4 fully saturated rings. The number of rotatable bonds is 29. The molecule has 0 spiro atoms. The Hall–Kier alpha value is -14.2. The Balaban J connectivity index is 0.000000154. The Bertz CT molecular complexity index is 5690. The van der Waals surface area contributed by atoms with E-state index in [4.69, 9.17) is 0 Å². The number of aromatic hydroxyl groups is 20. The zero-order chi connectivity index (χ0) is 97.8. The molecule has 5 aliphatic rings. The lowest BCUT2D eigenvalue weighted by atomic mass is 9.73. The summed E-state index contributed by atoms with van der Waals surface area (Å²) in [5.74, 6) is -1.81. The third-order valence-corrected chi connectivity index (χ3v) is 25.9. The Morgan fingerprint density at radius 3 is 1.13 bits per heavy atom. The highest BCUT2D eigenvalue weighted by Crippen LogP contribution is 2.40. The lowest BCUT2D eigenvalue weighted by Gasteiger charge is -2.32. The van der Waals surface area contributed by atoms with Crippen molar-refractivity contribution in [1.29, 1.82) is 0 Å². The van der Waals surface area contributed by atoms with Gasteiger partial charge in [-0.2, -0.15) is 0 Å². The number of benzene rings is 11. The van der Waals surface area contributed by atoms with Crippen molar-refractivity contribution in [3.63, 3.8) is 0 Å². The lowest BCUT2D eigenvalue weighted by molar-refractivity contribution is -0.129. The fraction of sp³-hybridized carbons (Fsp3) is 0.349. The van der Waals surface area contributed by atoms with Crippen molar-refractivity contribution in [2.24, 2.45) is 35.5 Å². The van der Waals surface area contributed by atoms with E-state index in [1.165, 1.54) is 128 Å². The van der Waals surface area contributed by atoms with E-state index in [1.807, 2.05) is 29.2 Å². The number of nitrogens with zero attached hydrogens (tertiary/aromatic N) is 1. The first kappa shape index (κ1) is 102. The van der Waals surface area contributed by atoms with Crippen LogP contribution in [0.2, 0.25) is 0 Å². The van der Waals surface area contributed by atoms with Crippen molar-refractivity contribution < 1.29 is 117 Å². The quantitative estimate of drug-likeness (QED) is 0.0194. The van der Waals surface area contributed by atoms with Crippen LogP contribution in [-0.4, -0.2) is 176 Å².